The van der Waals surface area contributed by atoms with Crippen LogP contribution >= 0.6 is 11.3 Å². The number of methoxy groups -OCH3 is 4. The molecule has 0 aliphatic heterocycles. The van der Waals surface area contributed by atoms with Crippen molar-refractivity contribution in [3.8, 4) is 17.2 Å². The first kappa shape index (κ1) is 20.5. The predicted octanol–water partition coefficient (Wildman–Crippen LogP) is 2.84. The van der Waals surface area contributed by atoms with Crippen LogP contribution in [-0.2, 0) is 16.0 Å². The number of aromatic nitrogens is 1. The fourth-order valence-electron chi connectivity index (χ4n) is 2.45. The maximum atomic E-state index is 12.2. The molecule has 0 aliphatic rings. The molecule has 0 unspecified atom stereocenters. The normalized spacial score (nSPS) is 10.3. The molecule has 8 nitrogen and oxygen atoms in total. The highest BCUT2D eigenvalue weighted by atomic mass is 32.1. The summed E-state index contributed by atoms with van der Waals surface area (Å²) in [6.45, 7) is 1.69. The van der Waals surface area contributed by atoms with Gasteiger partial charge in [-0.05, 0) is 31.0 Å². The Morgan fingerprint density at radius 1 is 1.07 bits per heavy atom. The molecule has 1 N–H and O–H groups in total. The van der Waals surface area contributed by atoms with Crippen LogP contribution in [0.2, 0.25) is 0 Å². The van der Waals surface area contributed by atoms with Crippen LogP contribution in [0.1, 0.15) is 27.3 Å². The molecule has 0 radical (unpaired) electrons. The number of thiazole rings is 1. The number of benzene rings is 1. The number of carbonyl (C=O) groups excluding carboxylic acids is 2. The van der Waals surface area contributed by atoms with Gasteiger partial charge >= 0.3 is 5.97 Å². The van der Waals surface area contributed by atoms with E-state index in [1.807, 2.05) is 0 Å². The standard InChI is InChI=1S/C18H22N2O6S/c1-10-16(17(22)26-5)27-18(19-10)20-14(21)7-6-11-8-12(23-2)15(25-4)13(9-11)24-3/h8-9H,6-7H2,1-5H3,(H,19,20,21). The van der Waals surface area contributed by atoms with Crippen molar-refractivity contribution in [3.63, 3.8) is 0 Å². The van der Waals surface area contributed by atoms with Gasteiger partial charge < -0.3 is 24.3 Å². The van der Waals surface area contributed by atoms with Crippen molar-refractivity contribution in [1.29, 1.82) is 0 Å². The average molecular weight is 394 g/mol. The lowest BCUT2D eigenvalue weighted by Crippen LogP contribution is -2.12. The van der Waals surface area contributed by atoms with Crippen LogP contribution in [0.3, 0.4) is 0 Å². The van der Waals surface area contributed by atoms with Crippen molar-refractivity contribution in [2.45, 2.75) is 19.8 Å². The summed E-state index contributed by atoms with van der Waals surface area (Å²) in [7, 11) is 5.91. The maximum Gasteiger partial charge on any atom is 0.350 e. The smallest absolute Gasteiger partial charge is 0.350 e. The van der Waals surface area contributed by atoms with Gasteiger partial charge in [0.15, 0.2) is 16.6 Å². The average Bonchev–Trinajstić information content (AvgIpc) is 3.04. The molecule has 27 heavy (non-hydrogen) atoms. The summed E-state index contributed by atoms with van der Waals surface area (Å²) in [5.74, 6) is 0.884. The highest BCUT2D eigenvalue weighted by Gasteiger charge is 2.17. The third-order valence-corrected chi connectivity index (χ3v) is 4.83. The van der Waals surface area contributed by atoms with Crippen LogP contribution in [0.15, 0.2) is 12.1 Å². The van der Waals surface area contributed by atoms with E-state index in [1.165, 1.54) is 28.4 Å². The van der Waals surface area contributed by atoms with Crippen LogP contribution in [0.4, 0.5) is 5.13 Å². The number of ether oxygens (including phenoxy) is 4. The Bertz CT molecular complexity index is 808. The molecular formula is C18H22N2O6S. The molecule has 0 saturated heterocycles. The highest BCUT2D eigenvalue weighted by Crippen LogP contribution is 2.38. The van der Waals surface area contributed by atoms with Crippen molar-refractivity contribution in [2.24, 2.45) is 0 Å². The Morgan fingerprint density at radius 2 is 1.70 bits per heavy atom. The summed E-state index contributed by atoms with van der Waals surface area (Å²) in [4.78, 5) is 28.4. The summed E-state index contributed by atoms with van der Waals surface area (Å²) < 4.78 is 20.6. The first-order valence-electron chi connectivity index (χ1n) is 8.08. The van der Waals surface area contributed by atoms with Gasteiger partial charge in [0.1, 0.15) is 4.88 Å². The molecule has 0 spiro atoms. The van der Waals surface area contributed by atoms with Gasteiger partial charge in [-0.15, -0.1) is 0 Å². The fraction of sp³-hybridized carbons (Fsp3) is 0.389. The number of aryl methyl sites for hydroxylation is 2. The van der Waals surface area contributed by atoms with Crippen LogP contribution in [0, 0.1) is 6.92 Å². The lowest BCUT2D eigenvalue weighted by Gasteiger charge is -2.14. The van der Waals surface area contributed by atoms with E-state index in [0.717, 1.165) is 16.9 Å². The third-order valence-electron chi connectivity index (χ3n) is 3.78. The van der Waals surface area contributed by atoms with Crippen LogP contribution in [0.5, 0.6) is 17.2 Å². The zero-order valence-electron chi connectivity index (χ0n) is 15.9. The van der Waals surface area contributed by atoms with Gasteiger partial charge in [0.25, 0.3) is 0 Å². The quantitative estimate of drug-likeness (QED) is 0.688. The minimum absolute atomic E-state index is 0.214. The number of rotatable bonds is 8. The van der Waals surface area contributed by atoms with Crippen LogP contribution in [-0.4, -0.2) is 45.3 Å². The van der Waals surface area contributed by atoms with Crippen molar-refractivity contribution in [2.75, 3.05) is 33.8 Å². The summed E-state index contributed by atoms with van der Waals surface area (Å²) in [6, 6.07) is 3.61. The van der Waals surface area contributed by atoms with Gasteiger partial charge in [-0.3, -0.25) is 4.79 Å². The molecule has 0 bridgehead atoms. The van der Waals surface area contributed by atoms with E-state index in [-0.39, 0.29) is 12.3 Å². The molecule has 0 fully saturated rings. The number of esters is 1. The minimum atomic E-state index is -0.470. The predicted molar refractivity (Wildman–Crippen MR) is 101 cm³/mol. The molecular weight excluding hydrogens is 372 g/mol. The molecule has 1 heterocycles. The molecule has 0 atom stereocenters. The number of nitrogens with zero attached hydrogens (tertiary/aromatic N) is 1. The monoisotopic (exact) mass is 394 g/mol. The molecule has 1 aromatic heterocycles. The Kier molecular flexibility index (Phi) is 7.00. The van der Waals surface area contributed by atoms with Gasteiger partial charge in [-0.2, -0.15) is 0 Å². The Hall–Kier alpha value is -2.81. The molecule has 9 heteroatoms. The van der Waals surface area contributed by atoms with Gasteiger partial charge in [-0.25, -0.2) is 9.78 Å². The zero-order chi connectivity index (χ0) is 20.0. The molecule has 0 aliphatic carbocycles. The lowest BCUT2D eigenvalue weighted by atomic mass is 10.1. The second-order valence-electron chi connectivity index (χ2n) is 5.51. The molecule has 1 aromatic carbocycles. The van der Waals surface area contributed by atoms with Crippen molar-refractivity contribution < 1.29 is 28.5 Å². The molecule has 1 amide bonds. The van der Waals surface area contributed by atoms with E-state index < -0.39 is 5.97 Å². The third kappa shape index (κ3) is 4.88. The van der Waals surface area contributed by atoms with Gasteiger partial charge in [-0.1, -0.05) is 11.3 Å². The van der Waals surface area contributed by atoms with E-state index in [0.29, 0.717) is 39.4 Å². The lowest BCUT2D eigenvalue weighted by molar-refractivity contribution is -0.116. The Balaban J connectivity index is 2.04. The number of carbonyl (C=O) groups is 2. The molecule has 2 aromatic rings. The van der Waals surface area contributed by atoms with Gasteiger partial charge in [0.2, 0.25) is 11.7 Å². The summed E-state index contributed by atoms with van der Waals surface area (Å²) in [6.07, 6.45) is 0.696. The summed E-state index contributed by atoms with van der Waals surface area (Å²) >= 11 is 1.09. The number of amides is 1. The molecule has 0 saturated carbocycles. The molecule has 146 valence electrons. The Labute approximate surface area is 161 Å². The topological polar surface area (TPSA) is 96.0 Å². The minimum Gasteiger partial charge on any atom is -0.493 e. The van der Waals surface area contributed by atoms with Crippen LogP contribution < -0.4 is 19.5 Å². The van der Waals surface area contributed by atoms with E-state index in [1.54, 1.807) is 19.1 Å². The van der Waals surface area contributed by atoms with Crippen molar-refractivity contribution in [1.82, 2.24) is 4.98 Å². The number of hydrogen-bond donors (Lipinski definition) is 1. The number of anilines is 1. The first-order valence-corrected chi connectivity index (χ1v) is 8.89. The Morgan fingerprint density at radius 3 is 2.22 bits per heavy atom. The fourth-order valence-corrected chi connectivity index (χ4v) is 3.35. The second-order valence-corrected chi connectivity index (χ2v) is 6.51. The van der Waals surface area contributed by atoms with E-state index in [4.69, 9.17) is 14.2 Å². The van der Waals surface area contributed by atoms with E-state index in [2.05, 4.69) is 15.0 Å². The summed E-state index contributed by atoms with van der Waals surface area (Å²) in [5, 5.41) is 3.07. The van der Waals surface area contributed by atoms with E-state index in [9.17, 15) is 9.59 Å². The number of hydrogen-bond acceptors (Lipinski definition) is 8. The zero-order valence-corrected chi connectivity index (χ0v) is 16.7. The highest BCUT2D eigenvalue weighted by molar-refractivity contribution is 7.17. The number of nitrogens with one attached hydrogen (secondary N) is 1. The largest absolute Gasteiger partial charge is 0.493 e. The first-order chi connectivity index (χ1) is 12.9. The second kappa shape index (κ2) is 9.22. The maximum absolute atomic E-state index is 12.2. The summed E-state index contributed by atoms with van der Waals surface area (Å²) in [5.41, 5.74) is 1.39. The molecule has 2 rings (SSSR count). The van der Waals surface area contributed by atoms with Gasteiger partial charge in [0, 0.05) is 6.42 Å². The van der Waals surface area contributed by atoms with Crippen LogP contribution in [0.25, 0.3) is 0 Å². The SMILES string of the molecule is COC(=O)c1sc(NC(=O)CCc2cc(OC)c(OC)c(OC)c2)nc1C. The van der Waals surface area contributed by atoms with Crippen molar-refractivity contribution >= 4 is 28.3 Å². The van der Waals surface area contributed by atoms with Gasteiger partial charge in [0.05, 0.1) is 34.1 Å². The van der Waals surface area contributed by atoms with E-state index >= 15 is 0 Å². The van der Waals surface area contributed by atoms with Crippen molar-refractivity contribution in [3.05, 3.63) is 28.3 Å².